The summed E-state index contributed by atoms with van der Waals surface area (Å²) in [5.74, 6) is -1.08. The highest BCUT2D eigenvalue weighted by molar-refractivity contribution is 6.29. The molecule has 7 heteroatoms. The SMILES string of the molecule is COCCOCCCOc1nc(Cl)ccc1C(=O)O. The number of rotatable bonds is 9. The summed E-state index contributed by atoms with van der Waals surface area (Å²) in [6, 6.07) is 2.77. The molecular weight excluding hydrogens is 274 g/mol. The van der Waals surface area contributed by atoms with E-state index >= 15 is 0 Å². The van der Waals surface area contributed by atoms with Crippen LogP contribution in [-0.4, -0.2) is 49.6 Å². The van der Waals surface area contributed by atoms with Gasteiger partial charge in [0.1, 0.15) is 10.7 Å². The second-order valence-corrected chi connectivity index (χ2v) is 3.99. The van der Waals surface area contributed by atoms with Crippen molar-refractivity contribution in [3.05, 3.63) is 22.8 Å². The third-order valence-corrected chi connectivity index (χ3v) is 2.37. The first-order valence-corrected chi connectivity index (χ1v) is 6.12. The molecule has 0 radical (unpaired) electrons. The van der Waals surface area contributed by atoms with E-state index in [1.807, 2.05) is 0 Å². The first-order chi connectivity index (χ1) is 9.15. The van der Waals surface area contributed by atoms with Gasteiger partial charge < -0.3 is 19.3 Å². The van der Waals surface area contributed by atoms with Crippen molar-refractivity contribution in [3.63, 3.8) is 0 Å². The molecule has 0 aromatic carbocycles. The van der Waals surface area contributed by atoms with Crippen LogP contribution in [0.4, 0.5) is 0 Å². The second kappa shape index (κ2) is 8.68. The fourth-order valence-corrected chi connectivity index (χ4v) is 1.40. The second-order valence-electron chi connectivity index (χ2n) is 3.60. The van der Waals surface area contributed by atoms with Crippen molar-refractivity contribution < 1.29 is 24.1 Å². The van der Waals surface area contributed by atoms with Crippen LogP contribution in [0.5, 0.6) is 5.88 Å². The molecular formula is C12H16ClNO5. The summed E-state index contributed by atoms with van der Waals surface area (Å²) in [6.45, 7) is 1.87. The third kappa shape index (κ3) is 5.87. The molecule has 19 heavy (non-hydrogen) atoms. The Bertz CT molecular complexity index is 413. The molecule has 0 aliphatic heterocycles. The lowest BCUT2D eigenvalue weighted by molar-refractivity contribution is 0.0634. The quantitative estimate of drug-likeness (QED) is 0.552. The van der Waals surface area contributed by atoms with Crippen LogP contribution in [0, 0.1) is 0 Å². The molecule has 0 bridgehead atoms. The number of aromatic carboxylic acids is 1. The molecule has 0 amide bonds. The monoisotopic (exact) mass is 289 g/mol. The van der Waals surface area contributed by atoms with Gasteiger partial charge in [-0.1, -0.05) is 11.6 Å². The van der Waals surface area contributed by atoms with Gasteiger partial charge in [-0.15, -0.1) is 0 Å². The Balaban J connectivity index is 2.36. The Kier molecular flexibility index (Phi) is 7.17. The highest BCUT2D eigenvalue weighted by atomic mass is 35.5. The van der Waals surface area contributed by atoms with Gasteiger partial charge in [-0.2, -0.15) is 0 Å². The van der Waals surface area contributed by atoms with E-state index < -0.39 is 5.97 Å². The first-order valence-electron chi connectivity index (χ1n) is 5.74. The average Bonchev–Trinajstić information content (AvgIpc) is 2.37. The lowest BCUT2D eigenvalue weighted by Gasteiger charge is -2.08. The molecule has 1 aromatic heterocycles. The zero-order chi connectivity index (χ0) is 14.1. The largest absolute Gasteiger partial charge is 0.477 e. The number of hydrogen-bond donors (Lipinski definition) is 1. The highest BCUT2D eigenvalue weighted by Gasteiger charge is 2.13. The van der Waals surface area contributed by atoms with Crippen molar-refractivity contribution in [3.8, 4) is 5.88 Å². The summed E-state index contributed by atoms with van der Waals surface area (Å²) in [6.07, 6.45) is 0.622. The number of ether oxygens (including phenoxy) is 3. The van der Waals surface area contributed by atoms with Crippen LogP contribution in [0.2, 0.25) is 5.15 Å². The number of carboxylic acids is 1. The topological polar surface area (TPSA) is 77.9 Å². The van der Waals surface area contributed by atoms with Gasteiger partial charge in [-0.3, -0.25) is 0 Å². The Morgan fingerprint density at radius 3 is 2.79 bits per heavy atom. The molecule has 1 N–H and O–H groups in total. The van der Waals surface area contributed by atoms with E-state index in [-0.39, 0.29) is 16.6 Å². The molecule has 1 aromatic rings. The molecule has 106 valence electrons. The maximum atomic E-state index is 10.9. The van der Waals surface area contributed by atoms with E-state index in [1.54, 1.807) is 7.11 Å². The van der Waals surface area contributed by atoms with Crippen molar-refractivity contribution in [2.75, 3.05) is 33.5 Å². The highest BCUT2D eigenvalue weighted by Crippen LogP contribution is 2.19. The van der Waals surface area contributed by atoms with Crippen LogP contribution in [0.3, 0.4) is 0 Å². The summed E-state index contributed by atoms with van der Waals surface area (Å²) in [4.78, 5) is 14.8. The van der Waals surface area contributed by atoms with Crippen LogP contribution in [0.15, 0.2) is 12.1 Å². The van der Waals surface area contributed by atoms with Gasteiger partial charge >= 0.3 is 5.97 Å². The third-order valence-electron chi connectivity index (χ3n) is 2.16. The Morgan fingerprint density at radius 2 is 2.11 bits per heavy atom. The molecule has 1 rings (SSSR count). The number of carbonyl (C=O) groups is 1. The molecule has 0 fully saturated rings. The summed E-state index contributed by atoms with van der Waals surface area (Å²) in [5, 5.41) is 9.15. The Morgan fingerprint density at radius 1 is 1.32 bits per heavy atom. The molecule has 0 aliphatic rings. The van der Waals surface area contributed by atoms with Crippen molar-refractivity contribution in [2.24, 2.45) is 0 Å². The minimum Gasteiger partial charge on any atom is -0.477 e. The summed E-state index contributed by atoms with van der Waals surface area (Å²) in [5.41, 5.74) is -0.00954. The van der Waals surface area contributed by atoms with E-state index in [0.29, 0.717) is 32.8 Å². The summed E-state index contributed by atoms with van der Waals surface area (Å²) >= 11 is 5.70. The van der Waals surface area contributed by atoms with Gasteiger partial charge in [0.25, 0.3) is 0 Å². The van der Waals surface area contributed by atoms with Crippen LogP contribution in [0.1, 0.15) is 16.8 Å². The van der Waals surface area contributed by atoms with Crippen LogP contribution in [0.25, 0.3) is 0 Å². The summed E-state index contributed by atoms with van der Waals surface area (Å²) in [7, 11) is 1.60. The predicted octanol–water partition coefficient (Wildman–Crippen LogP) is 1.87. The van der Waals surface area contributed by atoms with Gasteiger partial charge in [0.05, 0.1) is 19.8 Å². The number of hydrogen-bond acceptors (Lipinski definition) is 5. The minimum atomic E-state index is -1.10. The number of aromatic nitrogens is 1. The smallest absolute Gasteiger partial charge is 0.341 e. The standard InChI is InChI=1S/C12H16ClNO5/c1-17-7-8-18-5-2-6-19-11-9(12(15)16)3-4-10(13)14-11/h3-4H,2,5-8H2,1H3,(H,15,16). The number of nitrogens with zero attached hydrogens (tertiary/aromatic N) is 1. The van der Waals surface area contributed by atoms with E-state index in [1.165, 1.54) is 12.1 Å². The lowest BCUT2D eigenvalue weighted by Crippen LogP contribution is -2.09. The zero-order valence-corrected chi connectivity index (χ0v) is 11.4. The molecule has 0 saturated carbocycles. The average molecular weight is 290 g/mol. The van der Waals surface area contributed by atoms with E-state index in [0.717, 1.165) is 0 Å². The molecule has 0 aliphatic carbocycles. The number of pyridine rings is 1. The molecule has 1 heterocycles. The van der Waals surface area contributed by atoms with Gasteiger partial charge in [0.2, 0.25) is 5.88 Å². The lowest BCUT2D eigenvalue weighted by atomic mass is 10.3. The molecule has 0 saturated heterocycles. The van der Waals surface area contributed by atoms with Crippen molar-refractivity contribution >= 4 is 17.6 Å². The predicted molar refractivity (Wildman–Crippen MR) is 69.0 cm³/mol. The van der Waals surface area contributed by atoms with E-state index in [9.17, 15) is 4.79 Å². The molecule has 6 nitrogen and oxygen atoms in total. The fourth-order valence-electron chi connectivity index (χ4n) is 1.26. The normalized spacial score (nSPS) is 10.4. The minimum absolute atomic E-state index is 0.00954. The zero-order valence-electron chi connectivity index (χ0n) is 10.6. The molecule has 0 unspecified atom stereocenters. The van der Waals surface area contributed by atoms with Crippen LogP contribution < -0.4 is 4.74 Å². The number of halogens is 1. The van der Waals surface area contributed by atoms with Gasteiger partial charge in [0.15, 0.2) is 0 Å². The van der Waals surface area contributed by atoms with Crippen molar-refractivity contribution in [1.82, 2.24) is 4.98 Å². The maximum absolute atomic E-state index is 10.9. The van der Waals surface area contributed by atoms with Gasteiger partial charge in [0, 0.05) is 20.1 Å². The van der Waals surface area contributed by atoms with Gasteiger partial charge in [-0.25, -0.2) is 9.78 Å². The number of carboxylic acid groups (broad SMARTS) is 1. The first kappa shape index (κ1) is 15.7. The van der Waals surface area contributed by atoms with Crippen LogP contribution in [-0.2, 0) is 9.47 Å². The number of methoxy groups -OCH3 is 1. The van der Waals surface area contributed by atoms with Gasteiger partial charge in [-0.05, 0) is 12.1 Å². The summed E-state index contributed by atoms with van der Waals surface area (Å²) < 4.78 is 15.4. The molecule has 0 spiro atoms. The van der Waals surface area contributed by atoms with E-state index in [4.69, 9.17) is 30.9 Å². The Hall–Kier alpha value is -1.37. The van der Waals surface area contributed by atoms with Crippen molar-refractivity contribution in [1.29, 1.82) is 0 Å². The van der Waals surface area contributed by atoms with Crippen LogP contribution >= 0.6 is 11.6 Å². The van der Waals surface area contributed by atoms with Crippen molar-refractivity contribution in [2.45, 2.75) is 6.42 Å². The molecule has 0 atom stereocenters. The van der Waals surface area contributed by atoms with E-state index in [2.05, 4.69) is 4.98 Å². The Labute approximate surface area is 116 Å². The maximum Gasteiger partial charge on any atom is 0.341 e. The fraction of sp³-hybridized carbons (Fsp3) is 0.500.